The minimum atomic E-state index is 0.840. The summed E-state index contributed by atoms with van der Waals surface area (Å²) >= 11 is 5.27. The standard InChI is InChI=1S/C16H18BrNOS/c1-3-18-11-12-8-9-14(13(17)10-12)19-15-6-4-5-7-16(15)20-2/h4-10,18H,3,11H2,1-2H3. The van der Waals surface area contributed by atoms with Crippen molar-refractivity contribution in [2.45, 2.75) is 18.4 Å². The summed E-state index contributed by atoms with van der Waals surface area (Å²) < 4.78 is 6.98. The van der Waals surface area contributed by atoms with Gasteiger partial charge in [0.2, 0.25) is 0 Å². The van der Waals surface area contributed by atoms with Crippen LogP contribution in [0, 0.1) is 0 Å². The zero-order valence-electron chi connectivity index (χ0n) is 11.7. The van der Waals surface area contributed by atoms with Gasteiger partial charge in [0.15, 0.2) is 0 Å². The van der Waals surface area contributed by atoms with Crippen molar-refractivity contribution in [2.24, 2.45) is 0 Å². The number of hydrogen-bond donors (Lipinski definition) is 1. The van der Waals surface area contributed by atoms with Crippen molar-refractivity contribution in [1.82, 2.24) is 5.32 Å². The van der Waals surface area contributed by atoms with Crippen LogP contribution in [0.15, 0.2) is 51.8 Å². The summed E-state index contributed by atoms with van der Waals surface area (Å²) in [7, 11) is 0. The van der Waals surface area contributed by atoms with Crippen molar-refractivity contribution in [2.75, 3.05) is 12.8 Å². The highest BCUT2D eigenvalue weighted by Crippen LogP contribution is 2.35. The SMILES string of the molecule is CCNCc1ccc(Oc2ccccc2SC)c(Br)c1. The maximum Gasteiger partial charge on any atom is 0.141 e. The monoisotopic (exact) mass is 351 g/mol. The zero-order valence-corrected chi connectivity index (χ0v) is 14.1. The number of rotatable bonds is 6. The molecule has 0 radical (unpaired) electrons. The first-order valence-corrected chi connectivity index (χ1v) is 8.56. The molecule has 0 spiro atoms. The van der Waals surface area contributed by atoms with E-state index in [0.29, 0.717) is 0 Å². The van der Waals surface area contributed by atoms with E-state index in [4.69, 9.17) is 4.74 Å². The molecule has 0 aliphatic carbocycles. The molecule has 0 aliphatic heterocycles. The normalized spacial score (nSPS) is 10.6. The Morgan fingerprint density at radius 1 is 1.15 bits per heavy atom. The van der Waals surface area contributed by atoms with E-state index in [1.165, 1.54) is 5.56 Å². The molecule has 1 N–H and O–H groups in total. The van der Waals surface area contributed by atoms with Crippen LogP contribution in [0.5, 0.6) is 11.5 Å². The Bertz CT molecular complexity index is 574. The molecule has 0 saturated carbocycles. The van der Waals surface area contributed by atoms with Crippen molar-refractivity contribution >= 4 is 27.7 Å². The summed E-state index contributed by atoms with van der Waals surface area (Å²) in [5.74, 6) is 1.73. The van der Waals surface area contributed by atoms with Gasteiger partial charge in [-0.2, -0.15) is 0 Å². The van der Waals surface area contributed by atoms with Crippen LogP contribution in [-0.2, 0) is 6.54 Å². The lowest BCUT2D eigenvalue weighted by molar-refractivity contribution is 0.468. The van der Waals surface area contributed by atoms with E-state index in [9.17, 15) is 0 Å². The summed E-state index contributed by atoms with van der Waals surface area (Å²) in [6.07, 6.45) is 2.05. The van der Waals surface area contributed by atoms with E-state index in [1.54, 1.807) is 11.8 Å². The minimum absolute atomic E-state index is 0.840. The summed E-state index contributed by atoms with van der Waals surface area (Å²) in [6, 6.07) is 14.3. The molecule has 2 aromatic rings. The summed E-state index contributed by atoms with van der Waals surface area (Å²) in [6.45, 7) is 3.94. The number of halogens is 1. The lowest BCUT2D eigenvalue weighted by Gasteiger charge is -2.12. The van der Waals surface area contributed by atoms with Crippen LogP contribution in [0.2, 0.25) is 0 Å². The van der Waals surface area contributed by atoms with Crippen molar-refractivity contribution in [1.29, 1.82) is 0 Å². The van der Waals surface area contributed by atoms with Gasteiger partial charge in [0.1, 0.15) is 11.5 Å². The third kappa shape index (κ3) is 4.01. The first-order chi connectivity index (χ1) is 9.74. The van der Waals surface area contributed by atoms with Crippen LogP contribution < -0.4 is 10.1 Å². The van der Waals surface area contributed by atoms with Gasteiger partial charge in [0.25, 0.3) is 0 Å². The molecule has 0 heterocycles. The predicted octanol–water partition coefficient (Wildman–Crippen LogP) is 5.07. The van der Waals surface area contributed by atoms with Crippen molar-refractivity contribution < 1.29 is 4.74 Å². The Morgan fingerprint density at radius 3 is 2.65 bits per heavy atom. The second-order valence-electron chi connectivity index (χ2n) is 4.30. The smallest absolute Gasteiger partial charge is 0.141 e. The fraction of sp³-hybridized carbons (Fsp3) is 0.250. The summed E-state index contributed by atoms with van der Waals surface area (Å²) in [4.78, 5) is 1.14. The van der Waals surface area contributed by atoms with Crippen LogP contribution in [0.25, 0.3) is 0 Å². The molecule has 0 aromatic heterocycles. The number of benzene rings is 2. The third-order valence-electron chi connectivity index (χ3n) is 2.86. The van der Waals surface area contributed by atoms with Gasteiger partial charge in [0, 0.05) is 11.4 Å². The van der Waals surface area contributed by atoms with E-state index in [0.717, 1.165) is 34.0 Å². The van der Waals surface area contributed by atoms with E-state index >= 15 is 0 Å². The third-order valence-corrected chi connectivity index (χ3v) is 4.26. The Labute approximate surface area is 133 Å². The van der Waals surface area contributed by atoms with Crippen LogP contribution in [-0.4, -0.2) is 12.8 Å². The second-order valence-corrected chi connectivity index (χ2v) is 6.00. The second kappa shape index (κ2) is 7.72. The largest absolute Gasteiger partial charge is 0.455 e. The van der Waals surface area contributed by atoms with E-state index in [2.05, 4.69) is 52.6 Å². The Hall–Kier alpha value is -0.970. The summed E-state index contributed by atoms with van der Waals surface area (Å²) in [5.41, 5.74) is 1.24. The molecular formula is C16H18BrNOS. The Morgan fingerprint density at radius 2 is 1.95 bits per heavy atom. The van der Waals surface area contributed by atoms with Crippen molar-refractivity contribution in [3.63, 3.8) is 0 Å². The quantitative estimate of drug-likeness (QED) is 0.733. The highest BCUT2D eigenvalue weighted by atomic mass is 79.9. The van der Waals surface area contributed by atoms with E-state index < -0.39 is 0 Å². The molecule has 0 aliphatic rings. The Balaban J connectivity index is 2.17. The van der Waals surface area contributed by atoms with Gasteiger partial charge in [-0.05, 0) is 58.6 Å². The molecule has 2 rings (SSSR count). The molecule has 0 bridgehead atoms. The molecule has 0 atom stereocenters. The Kier molecular flexibility index (Phi) is 5.95. The first kappa shape index (κ1) is 15.4. The molecule has 0 unspecified atom stereocenters. The minimum Gasteiger partial charge on any atom is -0.455 e. The van der Waals surface area contributed by atoms with E-state index in [-0.39, 0.29) is 0 Å². The molecule has 0 fully saturated rings. The summed E-state index contributed by atoms with van der Waals surface area (Å²) in [5, 5.41) is 3.31. The number of para-hydroxylation sites is 1. The maximum absolute atomic E-state index is 6.00. The topological polar surface area (TPSA) is 21.3 Å². The fourth-order valence-corrected chi connectivity index (χ4v) is 2.86. The first-order valence-electron chi connectivity index (χ1n) is 6.54. The highest BCUT2D eigenvalue weighted by Gasteiger charge is 2.07. The highest BCUT2D eigenvalue weighted by molar-refractivity contribution is 9.10. The van der Waals surface area contributed by atoms with Gasteiger partial charge in [-0.1, -0.05) is 25.1 Å². The van der Waals surface area contributed by atoms with Gasteiger partial charge in [-0.15, -0.1) is 11.8 Å². The molecule has 4 heteroatoms. The van der Waals surface area contributed by atoms with Crippen LogP contribution in [0.1, 0.15) is 12.5 Å². The average molecular weight is 352 g/mol. The molecule has 2 nitrogen and oxygen atoms in total. The molecule has 106 valence electrons. The number of nitrogens with one attached hydrogen (secondary N) is 1. The van der Waals surface area contributed by atoms with Crippen molar-refractivity contribution in [3.8, 4) is 11.5 Å². The zero-order chi connectivity index (χ0) is 14.4. The lowest BCUT2D eigenvalue weighted by Crippen LogP contribution is -2.11. The van der Waals surface area contributed by atoms with Crippen LogP contribution >= 0.6 is 27.7 Å². The fourth-order valence-electron chi connectivity index (χ4n) is 1.83. The van der Waals surface area contributed by atoms with Gasteiger partial charge >= 0.3 is 0 Å². The lowest BCUT2D eigenvalue weighted by atomic mass is 10.2. The maximum atomic E-state index is 6.00. The van der Waals surface area contributed by atoms with Gasteiger partial charge < -0.3 is 10.1 Å². The molecular weight excluding hydrogens is 334 g/mol. The average Bonchev–Trinajstić information content (AvgIpc) is 2.48. The molecule has 0 amide bonds. The van der Waals surface area contributed by atoms with Crippen LogP contribution in [0.3, 0.4) is 0 Å². The molecule has 0 saturated heterocycles. The van der Waals surface area contributed by atoms with Crippen molar-refractivity contribution in [3.05, 3.63) is 52.5 Å². The van der Waals surface area contributed by atoms with Gasteiger partial charge in [0.05, 0.1) is 4.47 Å². The number of ether oxygens (including phenoxy) is 1. The number of hydrogen-bond acceptors (Lipinski definition) is 3. The van der Waals surface area contributed by atoms with Crippen LogP contribution in [0.4, 0.5) is 0 Å². The van der Waals surface area contributed by atoms with Gasteiger partial charge in [-0.3, -0.25) is 0 Å². The van der Waals surface area contributed by atoms with E-state index in [1.807, 2.05) is 24.3 Å². The predicted molar refractivity (Wildman–Crippen MR) is 89.8 cm³/mol. The molecule has 20 heavy (non-hydrogen) atoms. The van der Waals surface area contributed by atoms with Gasteiger partial charge in [-0.25, -0.2) is 0 Å². The number of thioether (sulfide) groups is 1. The molecule has 2 aromatic carbocycles.